The molecule has 0 unspecified atom stereocenters. The first kappa shape index (κ1) is 17.5. The Morgan fingerprint density at radius 3 is 2.30 bits per heavy atom. The molecule has 1 aromatic carbocycles. The van der Waals surface area contributed by atoms with Gasteiger partial charge in [0, 0.05) is 12.1 Å². The first-order valence-electron chi connectivity index (χ1n) is 7.22. The van der Waals surface area contributed by atoms with Gasteiger partial charge in [0.1, 0.15) is 0 Å². The number of hydrogen-bond acceptors (Lipinski definition) is 2. The molecule has 4 heteroatoms. The van der Waals surface area contributed by atoms with Crippen molar-refractivity contribution in [1.29, 1.82) is 0 Å². The highest BCUT2D eigenvalue weighted by molar-refractivity contribution is 6.42. The minimum Gasteiger partial charge on any atom is -0.296 e. The Morgan fingerprint density at radius 1 is 1.15 bits per heavy atom. The molecule has 0 saturated carbocycles. The third-order valence-electron chi connectivity index (χ3n) is 3.73. The Morgan fingerprint density at radius 2 is 1.80 bits per heavy atom. The second-order valence-corrected chi connectivity index (χ2v) is 5.88. The van der Waals surface area contributed by atoms with E-state index in [2.05, 4.69) is 25.7 Å². The maximum atomic E-state index is 12.3. The third kappa shape index (κ3) is 5.08. The number of hydrogen-bond donors (Lipinski definition) is 0. The van der Waals surface area contributed by atoms with E-state index in [1.54, 1.807) is 18.2 Å². The average molecular weight is 316 g/mol. The summed E-state index contributed by atoms with van der Waals surface area (Å²) in [6.07, 6.45) is 2.29. The van der Waals surface area contributed by atoms with Crippen LogP contribution in [0, 0.1) is 5.92 Å². The summed E-state index contributed by atoms with van der Waals surface area (Å²) in [6, 6.07) is 5.06. The zero-order chi connectivity index (χ0) is 15.1. The van der Waals surface area contributed by atoms with E-state index in [1.165, 1.54) is 0 Å². The third-order valence-corrected chi connectivity index (χ3v) is 4.47. The number of nitrogens with zero attached hydrogens (tertiary/aromatic N) is 1. The number of benzene rings is 1. The molecule has 0 saturated heterocycles. The summed E-state index contributed by atoms with van der Waals surface area (Å²) in [6.45, 7) is 8.77. The van der Waals surface area contributed by atoms with Crippen LogP contribution in [0.2, 0.25) is 10.0 Å². The fraction of sp³-hybridized carbons (Fsp3) is 0.562. The lowest BCUT2D eigenvalue weighted by atomic mass is 10.0. The number of likely N-dealkylation sites (N-methyl/N-ethyl adjacent to an activating group) is 1. The van der Waals surface area contributed by atoms with Crippen LogP contribution in [0.3, 0.4) is 0 Å². The van der Waals surface area contributed by atoms with Gasteiger partial charge in [0.2, 0.25) is 0 Å². The zero-order valence-electron chi connectivity index (χ0n) is 12.5. The van der Waals surface area contributed by atoms with E-state index in [1.807, 2.05) is 0 Å². The van der Waals surface area contributed by atoms with Crippen molar-refractivity contribution in [2.24, 2.45) is 5.92 Å². The number of halogens is 2. The van der Waals surface area contributed by atoms with Crippen molar-refractivity contribution >= 4 is 29.0 Å². The van der Waals surface area contributed by atoms with Crippen molar-refractivity contribution in [1.82, 2.24) is 4.90 Å². The zero-order valence-corrected chi connectivity index (χ0v) is 14.0. The predicted octanol–water partition coefficient (Wildman–Crippen LogP) is 4.93. The Bertz CT molecular complexity index is 444. The fourth-order valence-electron chi connectivity index (χ4n) is 2.18. The Labute approximate surface area is 132 Å². The highest BCUT2D eigenvalue weighted by Gasteiger charge is 2.15. The van der Waals surface area contributed by atoms with E-state index in [0.29, 0.717) is 28.1 Å². The van der Waals surface area contributed by atoms with Gasteiger partial charge >= 0.3 is 0 Å². The molecule has 0 heterocycles. The standard InChI is InChI=1S/C16H23Cl2NO/c1-4-12(5-2)10-19(6-3)11-16(20)13-7-8-14(17)15(18)9-13/h7-9,12H,4-6,10-11H2,1-3H3. The van der Waals surface area contributed by atoms with Gasteiger partial charge in [-0.3, -0.25) is 9.69 Å². The van der Waals surface area contributed by atoms with Gasteiger partial charge < -0.3 is 0 Å². The molecule has 0 spiro atoms. The predicted molar refractivity (Wildman–Crippen MR) is 87.0 cm³/mol. The maximum Gasteiger partial charge on any atom is 0.176 e. The minimum absolute atomic E-state index is 0.0939. The molecule has 0 atom stereocenters. The van der Waals surface area contributed by atoms with Gasteiger partial charge in [0.25, 0.3) is 0 Å². The quantitative estimate of drug-likeness (QED) is 0.634. The largest absolute Gasteiger partial charge is 0.296 e. The molecule has 0 aliphatic heterocycles. The minimum atomic E-state index is 0.0939. The van der Waals surface area contributed by atoms with E-state index in [4.69, 9.17) is 23.2 Å². The Hall–Kier alpha value is -0.570. The van der Waals surface area contributed by atoms with Gasteiger partial charge in [0.15, 0.2) is 5.78 Å². The van der Waals surface area contributed by atoms with Crippen LogP contribution in [0.4, 0.5) is 0 Å². The molecule has 20 heavy (non-hydrogen) atoms. The van der Waals surface area contributed by atoms with Crippen molar-refractivity contribution < 1.29 is 4.79 Å². The number of rotatable bonds is 8. The molecule has 0 bridgehead atoms. The molecule has 0 aliphatic rings. The molecule has 1 aromatic rings. The van der Waals surface area contributed by atoms with Crippen molar-refractivity contribution in [3.63, 3.8) is 0 Å². The first-order valence-corrected chi connectivity index (χ1v) is 7.97. The summed E-state index contributed by atoms with van der Waals surface area (Å²) in [7, 11) is 0. The molecule has 0 aliphatic carbocycles. The van der Waals surface area contributed by atoms with Crippen LogP contribution in [-0.4, -0.2) is 30.3 Å². The van der Waals surface area contributed by atoms with Crippen molar-refractivity contribution in [3.8, 4) is 0 Å². The average Bonchev–Trinajstić information content (AvgIpc) is 2.46. The molecule has 0 aromatic heterocycles. The van der Waals surface area contributed by atoms with Crippen molar-refractivity contribution in [2.45, 2.75) is 33.6 Å². The monoisotopic (exact) mass is 315 g/mol. The number of carbonyl (C=O) groups excluding carboxylic acids is 1. The van der Waals surface area contributed by atoms with Crippen LogP contribution < -0.4 is 0 Å². The van der Waals surface area contributed by atoms with Crippen LogP contribution in [0.5, 0.6) is 0 Å². The normalized spacial score (nSPS) is 11.3. The molecule has 0 radical (unpaired) electrons. The second-order valence-electron chi connectivity index (χ2n) is 5.06. The number of ketones is 1. The van der Waals surface area contributed by atoms with Gasteiger partial charge in [-0.15, -0.1) is 0 Å². The fourth-order valence-corrected chi connectivity index (χ4v) is 2.48. The Balaban J connectivity index is 2.69. The summed E-state index contributed by atoms with van der Waals surface area (Å²) in [5.74, 6) is 0.743. The molecule has 2 nitrogen and oxygen atoms in total. The van der Waals surface area contributed by atoms with E-state index in [0.717, 1.165) is 25.9 Å². The maximum absolute atomic E-state index is 12.3. The van der Waals surface area contributed by atoms with Crippen LogP contribution in [-0.2, 0) is 0 Å². The van der Waals surface area contributed by atoms with Crippen LogP contribution in [0.25, 0.3) is 0 Å². The van der Waals surface area contributed by atoms with Gasteiger partial charge in [-0.1, -0.05) is 56.8 Å². The smallest absolute Gasteiger partial charge is 0.176 e. The molecule has 0 N–H and O–H groups in total. The highest BCUT2D eigenvalue weighted by atomic mass is 35.5. The van der Waals surface area contributed by atoms with Crippen LogP contribution in [0.15, 0.2) is 18.2 Å². The first-order chi connectivity index (χ1) is 9.51. The molecule has 0 amide bonds. The van der Waals surface area contributed by atoms with Crippen LogP contribution >= 0.6 is 23.2 Å². The molecule has 112 valence electrons. The second kappa shape index (κ2) is 8.66. The number of carbonyl (C=O) groups is 1. The lowest BCUT2D eigenvalue weighted by molar-refractivity contribution is 0.0920. The topological polar surface area (TPSA) is 20.3 Å². The summed E-state index contributed by atoms with van der Waals surface area (Å²) in [5.41, 5.74) is 0.627. The van der Waals surface area contributed by atoms with E-state index in [-0.39, 0.29) is 5.78 Å². The summed E-state index contributed by atoms with van der Waals surface area (Å²) in [4.78, 5) is 14.5. The molecular weight excluding hydrogens is 293 g/mol. The van der Waals surface area contributed by atoms with Crippen molar-refractivity contribution in [2.75, 3.05) is 19.6 Å². The number of Topliss-reactive ketones (excluding diaryl/α,β-unsaturated/α-hetero) is 1. The molecule has 0 fully saturated rings. The SMILES string of the molecule is CCC(CC)CN(CC)CC(=O)c1ccc(Cl)c(Cl)c1. The highest BCUT2D eigenvalue weighted by Crippen LogP contribution is 2.23. The molecular formula is C16H23Cl2NO. The summed E-state index contributed by atoms with van der Waals surface area (Å²) in [5, 5.41) is 0.910. The van der Waals surface area contributed by atoms with E-state index in [9.17, 15) is 4.79 Å². The van der Waals surface area contributed by atoms with Gasteiger partial charge in [-0.2, -0.15) is 0 Å². The van der Waals surface area contributed by atoms with E-state index < -0.39 is 0 Å². The van der Waals surface area contributed by atoms with Crippen molar-refractivity contribution in [3.05, 3.63) is 33.8 Å². The van der Waals surface area contributed by atoms with Crippen LogP contribution in [0.1, 0.15) is 44.0 Å². The Kier molecular flexibility index (Phi) is 7.57. The van der Waals surface area contributed by atoms with Gasteiger partial charge in [-0.25, -0.2) is 0 Å². The van der Waals surface area contributed by atoms with Gasteiger partial charge in [0.05, 0.1) is 16.6 Å². The lowest BCUT2D eigenvalue weighted by Gasteiger charge is -2.24. The van der Waals surface area contributed by atoms with E-state index >= 15 is 0 Å². The lowest BCUT2D eigenvalue weighted by Crippen LogP contribution is -2.34. The summed E-state index contributed by atoms with van der Waals surface area (Å²) >= 11 is 11.8. The summed E-state index contributed by atoms with van der Waals surface area (Å²) < 4.78 is 0. The van der Waals surface area contributed by atoms with Gasteiger partial charge in [-0.05, 0) is 30.7 Å². The molecule has 1 rings (SSSR count).